The lowest BCUT2D eigenvalue weighted by molar-refractivity contribution is 0.603. The summed E-state index contributed by atoms with van der Waals surface area (Å²) in [7, 11) is -2.96. The SMILES string of the molecule is C[C@H](N)c1cc(F)ccc1SCCS(C)(=O)=O. The Hall–Kier alpha value is -0.590. The monoisotopic (exact) mass is 277 g/mol. The van der Waals surface area contributed by atoms with Crippen LogP contribution >= 0.6 is 11.8 Å². The van der Waals surface area contributed by atoms with E-state index in [1.165, 1.54) is 30.2 Å². The molecule has 0 bridgehead atoms. The number of hydrogen-bond acceptors (Lipinski definition) is 4. The molecular formula is C11H16FNO2S2. The zero-order valence-electron chi connectivity index (χ0n) is 9.81. The molecule has 0 unspecified atom stereocenters. The Morgan fingerprint density at radius 3 is 2.65 bits per heavy atom. The molecule has 0 spiro atoms. The average molecular weight is 277 g/mol. The molecule has 0 radical (unpaired) electrons. The molecule has 1 atom stereocenters. The van der Waals surface area contributed by atoms with Gasteiger partial charge in [-0.2, -0.15) is 0 Å². The first-order valence-electron chi connectivity index (χ1n) is 5.15. The molecule has 0 aliphatic rings. The maximum Gasteiger partial charge on any atom is 0.148 e. The van der Waals surface area contributed by atoms with E-state index in [1.54, 1.807) is 13.0 Å². The minimum absolute atomic E-state index is 0.105. The van der Waals surface area contributed by atoms with Crippen LogP contribution in [0.3, 0.4) is 0 Å². The zero-order valence-corrected chi connectivity index (χ0v) is 11.4. The quantitative estimate of drug-likeness (QED) is 0.836. The van der Waals surface area contributed by atoms with Gasteiger partial charge in [0, 0.05) is 22.9 Å². The minimum Gasteiger partial charge on any atom is -0.324 e. The zero-order chi connectivity index (χ0) is 13.1. The van der Waals surface area contributed by atoms with Crippen LogP contribution in [0.15, 0.2) is 23.1 Å². The molecule has 0 aliphatic heterocycles. The number of hydrogen-bond donors (Lipinski definition) is 1. The van der Waals surface area contributed by atoms with Gasteiger partial charge >= 0.3 is 0 Å². The number of thioether (sulfide) groups is 1. The molecule has 17 heavy (non-hydrogen) atoms. The molecule has 2 N–H and O–H groups in total. The maximum absolute atomic E-state index is 13.1. The number of sulfone groups is 1. The summed E-state index contributed by atoms with van der Waals surface area (Å²) in [5, 5.41) is 0. The van der Waals surface area contributed by atoms with Crippen LogP contribution < -0.4 is 5.73 Å². The van der Waals surface area contributed by atoms with Crippen LogP contribution in [0.5, 0.6) is 0 Å². The Balaban J connectivity index is 2.77. The van der Waals surface area contributed by atoms with Gasteiger partial charge < -0.3 is 5.73 Å². The second-order valence-electron chi connectivity index (χ2n) is 3.95. The van der Waals surface area contributed by atoms with Crippen molar-refractivity contribution in [1.82, 2.24) is 0 Å². The van der Waals surface area contributed by atoms with Gasteiger partial charge in [0.1, 0.15) is 15.7 Å². The van der Waals surface area contributed by atoms with E-state index in [9.17, 15) is 12.8 Å². The standard InChI is InChI=1S/C11H16FNO2S2/c1-8(13)10-7-9(12)3-4-11(10)16-5-6-17(2,14)15/h3-4,7-8H,5-6,13H2,1-2H3/t8-/m0/s1. The van der Waals surface area contributed by atoms with E-state index in [1.807, 2.05) is 0 Å². The highest BCUT2D eigenvalue weighted by atomic mass is 32.2. The third-order valence-electron chi connectivity index (χ3n) is 2.17. The Morgan fingerprint density at radius 2 is 2.12 bits per heavy atom. The van der Waals surface area contributed by atoms with Gasteiger partial charge in [-0.1, -0.05) is 0 Å². The fourth-order valence-electron chi connectivity index (χ4n) is 1.31. The first kappa shape index (κ1) is 14.5. The van der Waals surface area contributed by atoms with Crippen molar-refractivity contribution in [2.45, 2.75) is 17.9 Å². The lowest BCUT2D eigenvalue weighted by Gasteiger charge is -2.12. The van der Waals surface area contributed by atoms with Crippen molar-refractivity contribution in [2.75, 3.05) is 17.8 Å². The van der Waals surface area contributed by atoms with Crippen LogP contribution in [0.4, 0.5) is 4.39 Å². The van der Waals surface area contributed by atoms with Gasteiger partial charge in [-0.15, -0.1) is 11.8 Å². The van der Waals surface area contributed by atoms with Crippen molar-refractivity contribution in [3.05, 3.63) is 29.6 Å². The van der Waals surface area contributed by atoms with Gasteiger partial charge in [-0.05, 0) is 30.7 Å². The molecule has 0 heterocycles. The van der Waals surface area contributed by atoms with Crippen LogP contribution in [-0.2, 0) is 9.84 Å². The summed E-state index contributed by atoms with van der Waals surface area (Å²) in [6.07, 6.45) is 1.20. The fourth-order valence-corrected chi connectivity index (χ4v) is 3.65. The lowest BCUT2D eigenvalue weighted by atomic mass is 10.1. The van der Waals surface area contributed by atoms with Crippen molar-refractivity contribution in [2.24, 2.45) is 5.73 Å². The number of benzene rings is 1. The molecule has 0 amide bonds. The molecule has 96 valence electrons. The Morgan fingerprint density at radius 1 is 1.47 bits per heavy atom. The molecule has 0 aromatic heterocycles. The summed E-state index contributed by atoms with van der Waals surface area (Å²) >= 11 is 1.39. The molecule has 0 fully saturated rings. The van der Waals surface area contributed by atoms with Gasteiger partial charge in [0.15, 0.2) is 0 Å². The molecule has 1 aromatic rings. The van der Waals surface area contributed by atoms with Gasteiger partial charge in [0.2, 0.25) is 0 Å². The summed E-state index contributed by atoms with van der Waals surface area (Å²) in [6.45, 7) is 1.77. The molecular weight excluding hydrogens is 261 g/mol. The molecule has 0 aliphatic carbocycles. The van der Waals surface area contributed by atoms with Crippen LogP contribution in [0, 0.1) is 5.82 Å². The van der Waals surface area contributed by atoms with Gasteiger partial charge in [0.05, 0.1) is 5.75 Å². The van der Waals surface area contributed by atoms with Crippen molar-refractivity contribution in [3.63, 3.8) is 0 Å². The van der Waals surface area contributed by atoms with Crippen LogP contribution in [0.2, 0.25) is 0 Å². The Bertz CT molecular complexity index is 486. The predicted octanol–water partition coefficient (Wildman–Crippen LogP) is 1.98. The summed E-state index contributed by atoms with van der Waals surface area (Å²) in [4.78, 5) is 0.838. The van der Waals surface area contributed by atoms with E-state index in [4.69, 9.17) is 5.73 Å². The number of nitrogens with two attached hydrogens (primary N) is 1. The van der Waals surface area contributed by atoms with Gasteiger partial charge in [-0.3, -0.25) is 0 Å². The molecule has 1 rings (SSSR count). The molecule has 1 aromatic carbocycles. The van der Waals surface area contributed by atoms with E-state index in [0.29, 0.717) is 11.3 Å². The van der Waals surface area contributed by atoms with E-state index >= 15 is 0 Å². The molecule has 0 saturated carbocycles. The maximum atomic E-state index is 13.1. The summed E-state index contributed by atoms with van der Waals surface area (Å²) in [5.74, 6) is 0.224. The smallest absolute Gasteiger partial charge is 0.148 e. The summed E-state index contributed by atoms with van der Waals surface area (Å²) in [6, 6.07) is 4.12. The highest BCUT2D eigenvalue weighted by Gasteiger charge is 2.10. The topological polar surface area (TPSA) is 60.2 Å². The van der Waals surface area contributed by atoms with Crippen molar-refractivity contribution >= 4 is 21.6 Å². The van der Waals surface area contributed by atoms with E-state index < -0.39 is 9.84 Å². The number of rotatable bonds is 5. The van der Waals surface area contributed by atoms with Crippen LogP contribution in [0.1, 0.15) is 18.5 Å². The van der Waals surface area contributed by atoms with Crippen LogP contribution in [0.25, 0.3) is 0 Å². The number of halogens is 1. The summed E-state index contributed by atoms with van der Waals surface area (Å²) < 4.78 is 35.1. The van der Waals surface area contributed by atoms with Gasteiger partial charge in [0.25, 0.3) is 0 Å². The first-order valence-corrected chi connectivity index (χ1v) is 8.20. The molecule has 3 nitrogen and oxygen atoms in total. The van der Waals surface area contributed by atoms with E-state index in [2.05, 4.69) is 0 Å². The molecule has 6 heteroatoms. The van der Waals surface area contributed by atoms with Crippen molar-refractivity contribution in [3.8, 4) is 0 Å². The fraction of sp³-hybridized carbons (Fsp3) is 0.455. The van der Waals surface area contributed by atoms with Crippen molar-refractivity contribution < 1.29 is 12.8 Å². The average Bonchev–Trinajstić information content (AvgIpc) is 2.18. The minimum atomic E-state index is -2.96. The van der Waals surface area contributed by atoms with E-state index in [0.717, 1.165) is 4.90 Å². The first-order chi connectivity index (χ1) is 7.79. The lowest BCUT2D eigenvalue weighted by Crippen LogP contribution is -2.08. The second kappa shape index (κ2) is 5.84. The highest BCUT2D eigenvalue weighted by molar-refractivity contribution is 8.00. The molecule has 0 saturated heterocycles. The Labute approximate surface area is 106 Å². The van der Waals surface area contributed by atoms with Crippen LogP contribution in [-0.4, -0.2) is 26.2 Å². The third-order valence-corrected chi connectivity index (χ3v) is 4.47. The highest BCUT2D eigenvalue weighted by Crippen LogP contribution is 2.27. The summed E-state index contributed by atoms with van der Waals surface area (Å²) in [5.41, 5.74) is 6.45. The Kier molecular flexibility index (Phi) is 4.97. The second-order valence-corrected chi connectivity index (χ2v) is 7.35. The van der Waals surface area contributed by atoms with Gasteiger partial charge in [-0.25, -0.2) is 12.8 Å². The van der Waals surface area contributed by atoms with Crippen molar-refractivity contribution in [1.29, 1.82) is 0 Å². The largest absolute Gasteiger partial charge is 0.324 e. The van der Waals surface area contributed by atoms with E-state index in [-0.39, 0.29) is 17.6 Å². The normalized spacial score (nSPS) is 13.6. The third kappa shape index (κ3) is 5.06. The predicted molar refractivity (Wildman–Crippen MR) is 69.4 cm³/mol.